The molecule has 6 nitrogen and oxygen atoms in total. The quantitative estimate of drug-likeness (QED) is 0.796. The van der Waals surface area contributed by atoms with Crippen LogP contribution in [0.4, 0.5) is 5.95 Å². The molecule has 0 spiro atoms. The Hall–Kier alpha value is -3.15. The van der Waals surface area contributed by atoms with Crippen molar-refractivity contribution in [3.05, 3.63) is 66.5 Å². The molecule has 126 valence electrons. The molecule has 4 rings (SSSR count). The molecule has 6 heteroatoms. The van der Waals surface area contributed by atoms with Gasteiger partial charge in [-0.3, -0.25) is 14.7 Å². The number of nitrogens with zero attached hydrogens (tertiary/aromatic N) is 3. The molecule has 2 aromatic carbocycles. The number of aromatic nitrogens is 3. The Morgan fingerprint density at radius 1 is 1.16 bits per heavy atom. The summed E-state index contributed by atoms with van der Waals surface area (Å²) in [5, 5.41) is 10.8. The van der Waals surface area contributed by atoms with E-state index in [1.165, 1.54) is 0 Å². The van der Waals surface area contributed by atoms with Crippen molar-refractivity contribution in [1.82, 2.24) is 14.8 Å². The number of anilines is 1. The fourth-order valence-corrected chi connectivity index (χ4v) is 3.13. The summed E-state index contributed by atoms with van der Waals surface area (Å²) in [7, 11) is 0. The van der Waals surface area contributed by atoms with Gasteiger partial charge in [-0.05, 0) is 36.1 Å². The highest BCUT2D eigenvalue weighted by atomic mass is 16.5. The van der Waals surface area contributed by atoms with E-state index in [2.05, 4.69) is 15.5 Å². The number of para-hydroxylation sites is 2. The highest BCUT2D eigenvalue weighted by molar-refractivity contribution is 5.90. The Bertz CT molecular complexity index is 876. The van der Waals surface area contributed by atoms with Crippen LogP contribution in [0.25, 0.3) is 5.69 Å². The molecule has 0 fully saturated rings. The van der Waals surface area contributed by atoms with E-state index in [1.807, 2.05) is 54.6 Å². The predicted octanol–water partition coefficient (Wildman–Crippen LogP) is 3.16. The summed E-state index contributed by atoms with van der Waals surface area (Å²) in [6.07, 6.45) is 2.81. The van der Waals surface area contributed by atoms with E-state index in [4.69, 9.17) is 4.74 Å². The minimum absolute atomic E-state index is 0.0770. The predicted molar refractivity (Wildman–Crippen MR) is 93.9 cm³/mol. The number of nitrogens with one attached hydrogen (secondary N) is 1. The number of fused-ring (bicyclic) bond motifs is 1. The minimum Gasteiger partial charge on any atom is -0.493 e. The molecule has 1 N–H and O–H groups in total. The normalized spacial score (nSPS) is 15.9. The molecular formula is C19H18N4O2. The molecule has 0 bridgehead atoms. The number of carbonyl (C=O) groups is 1. The van der Waals surface area contributed by atoms with Crippen molar-refractivity contribution in [2.45, 2.75) is 18.8 Å². The number of amides is 1. The molecular weight excluding hydrogens is 316 g/mol. The molecule has 0 saturated heterocycles. The number of benzene rings is 2. The standard InChI is InChI=1S/C19H18N4O2/c24-18(12-14-10-11-25-17-9-5-4-8-16(14)17)21-19-22-20-13-23(19)15-6-2-1-3-7-15/h1-9,13-14H,10-12H2,(H,21,22,24)/t14-/m1/s1. The third-order valence-corrected chi connectivity index (χ3v) is 4.35. The van der Waals surface area contributed by atoms with Crippen LogP contribution in [0.15, 0.2) is 60.9 Å². The van der Waals surface area contributed by atoms with E-state index >= 15 is 0 Å². The van der Waals surface area contributed by atoms with E-state index in [9.17, 15) is 4.79 Å². The zero-order chi connectivity index (χ0) is 17.1. The molecule has 1 aliphatic heterocycles. The maximum Gasteiger partial charge on any atom is 0.235 e. The summed E-state index contributed by atoms with van der Waals surface area (Å²) in [6.45, 7) is 0.634. The van der Waals surface area contributed by atoms with Crippen LogP contribution in [0.2, 0.25) is 0 Å². The van der Waals surface area contributed by atoms with E-state index in [1.54, 1.807) is 10.9 Å². The molecule has 25 heavy (non-hydrogen) atoms. The number of rotatable bonds is 4. The van der Waals surface area contributed by atoms with E-state index in [-0.39, 0.29) is 11.8 Å². The van der Waals surface area contributed by atoms with Gasteiger partial charge in [-0.1, -0.05) is 36.4 Å². The highest BCUT2D eigenvalue weighted by Crippen LogP contribution is 2.35. The van der Waals surface area contributed by atoms with Crippen LogP contribution in [0.5, 0.6) is 5.75 Å². The third kappa shape index (κ3) is 3.24. The number of hydrogen-bond donors (Lipinski definition) is 1. The van der Waals surface area contributed by atoms with Crippen molar-refractivity contribution in [1.29, 1.82) is 0 Å². The van der Waals surface area contributed by atoms with Gasteiger partial charge < -0.3 is 4.74 Å². The second-order valence-electron chi connectivity index (χ2n) is 5.98. The van der Waals surface area contributed by atoms with Crippen LogP contribution < -0.4 is 10.1 Å². The number of ether oxygens (including phenoxy) is 1. The van der Waals surface area contributed by atoms with E-state index < -0.39 is 0 Å². The van der Waals surface area contributed by atoms with Gasteiger partial charge in [0.15, 0.2) is 0 Å². The van der Waals surface area contributed by atoms with Gasteiger partial charge in [0, 0.05) is 6.42 Å². The smallest absolute Gasteiger partial charge is 0.235 e. The molecule has 0 saturated carbocycles. The molecule has 1 aliphatic rings. The summed E-state index contributed by atoms with van der Waals surface area (Å²) < 4.78 is 7.42. The molecule has 0 radical (unpaired) electrons. The average Bonchev–Trinajstić information content (AvgIpc) is 3.11. The van der Waals surface area contributed by atoms with Crippen LogP contribution in [-0.4, -0.2) is 27.3 Å². The fraction of sp³-hybridized carbons (Fsp3) is 0.211. The fourth-order valence-electron chi connectivity index (χ4n) is 3.13. The van der Waals surface area contributed by atoms with Gasteiger partial charge in [-0.15, -0.1) is 10.2 Å². The molecule has 2 heterocycles. The topological polar surface area (TPSA) is 69.0 Å². The molecule has 0 aliphatic carbocycles. The largest absolute Gasteiger partial charge is 0.493 e. The number of carbonyl (C=O) groups excluding carboxylic acids is 1. The molecule has 1 atom stereocenters. The van der Waals surface area contributed by atoms with Crippen LogP contribution in [0.1, 0.15) is 24.3 Å². The second-order valence-corrected chi connectivity index (χ2v) is 5.98. The SMILES string of the molecule is O=C(C[C@H]1CCOc2ccccc21)Nc1nncn1-c1ccccc1. The Morgan fingerprint density at radius 2 is 1.96 bits per heavy atom. The Balaban J connectivity index is 1.49. The van der Waals surface area contributed by atoms with Crippen LogP contribution in [0.3, 0.4) is 0 Å². The maximum absolute atomic E-state index is 12.5. The van der Waals surface area contributed by atoms with Crippen molar-refractivity contribution >= 4 is 11.9 Å². The van der Waals surface area contributed by atoms with Crippen LogP contribution in [0, 0.1) is 0 Å². The first kappa shape index (κ1) is 15.4. The lowest BCUT2D eigenvalue weighted by Crippen LogP contribution is -2.22. The Morgan fingerprint density at radius 3 is 2.84 bits per heavy atom. The summed E-state index contributed by atoms with van der Waals surface area (Å²) in [5.41, 5.74) is 1.99. The first-order valence-electron chi connectivity index (χ1n) is 8.28. The van der Waals surface area contributed by atoms with Crippen molar-refractivity contribution in [2.75, 3.05) is 11.9 Å². The first-order valence-corrected chi connectivity index (χ1v) is 8.28. The molecule has 1 amide bonds. The minimum atomic E-state index is -0.0770. The van der Waals surface area contributed by atoms with Crippen molar-refractivity contribution in [3.8, 4) is 11.4 Å². The van der Waals surface area contributed by atoms with E-state index in [0.29, 0.717) is 19.0 Å². The summed E-state index contributed by atoms with van der Waals surface area (Å²) >= 11 is 0. The zero-order valence-corrected chi connectivity index (χ0v) is 13.6. The lowest BCUT2D eigenvalue weighted by Gasteiger charge is -2.25. The van der Waals surface area contributed by atoms with Crippen molar-refractivity contribution in [2.24, 2.45) is 0 Å². The van der Waals surface area contributed by atoms with E-state index in [0.717, 1.165) is 23.4 Å². The van der Waals surface area contributed by atoms with Crippen molar-refractivity contribution < 1.29 is 9.53 Å². The Kier molecular flexibility index (Phi) is 4.16. The van der Waals surface area contributed by atoms with Gasteiger partial charge in [0.2, 0.25) is 11.9 Å². The molecule has 1 aromatic heterocycles. The molecule has 0 unspecified atom stereocenters. The third-order valence-electron chi connectivity index (χ3n) is 4.35. The molecule has 3 aromatic rings. The maximum atomic E-state index is 12.5. The van der Waals surface area contributed by atoms with Crippen LogP contribution in [-0.2, 0) is 4.79 Å². The summed E-state index contributed by atoms with van der Waals surface area (Å²) in [6, 6.07) is 17.6. The summed E-state index contributed by atoms with van der Waals surface area (Å²) in [4.78, 5) is 12.5. The highest BCUT2D eigenvalue weighted by Gasteiger charge is 2.24. The van der Waals surface area contributed by atoms with Crippen LogP contribution >= 0.6 is 0 Å². The summed E-state index contributed by atoms with van der Waals surface area (Å²) in [5.74, 6) is 1.38. The van der Waals surface area contributed by atoms with Gasteiger partial charge in [-0.2, -0.15) is 0 Å². The zero-order valence-electron chi connectivity index (χ0n) is 13.6. The van der Waals surface area contributed by atoms with Gasteiger partial charge in [0.05, 0.1) is 12.3 Å². The van der Waals surface area contributed by atoms with Gasteiger partial charge in [-0.25, -0.2) is 0 Å². The first-order chi connectivity index (χ1) is 12.3. The number of hydrogen-bond acceptors (Lipinski definition) is 4. The second kappa shape index (κ2) is 6.76. The van der Waals surface area contributed by atoms with Gasteiger partial charge in [0.25, 0.3) is 0 Å². The lowest BCUT2D eigenvalue weighted by atomic mass is 9.90. The van der Waals surface area contributed by atoms with Crippen molar-refractivity contribution in [3.63, 3.8) is 0 Å². The monoisotopic (exact) mass is 334 g/mol. The van der Waals surface area contributed by atoms with Gasteiger partial charge >= 0.3 is 0 Å². The van der Waals surface area contributed by atoms with Gasteiger partial charge in [0.1, 0.15) is 12.1 Å². The average molecular weight is 334 g/mol. The lowest BCUT2D eigenvalue weighted by molar-refractivity contribution is -0.116. The Labute approximate surface area is 145 Å².